The molecule has 0 saturated carbocycles. The van der Waals surface area contributed by atoms with Crippen molar-refractivity contribution in [2.24, 2.45) is 5.73 Å². The molecule has 0 spiro atoms. The van der Waals surface area contributed by atoms with E-state index in [1.807, 2.05) is 0 Å². The first kappa shape index (κ1) is 21.2. The molecule has 2 aromatic carbocycles. The molecule has 0 aliphatic carbocycles. The molecule has 31 heavy (non-hydrogen) atoms. The number of alkyl halides is 3. The number of hydrogen-bond donors (Lipinski definition) is 2. The standard InChI is InChI=1S/C22H20F4N4O/c23-15-4-2-14(3-5-15)17-10-19(21(27)31)29-18-9-13(1-6-16(17)18)12-30-8-7-28-11-20(30)22(24,25)26/h1-6,9-10,20,28H,7-8,11-12H2,(H2,27,31). The van der Waals surface area contributed by atoms with Gasteiger partial charge in [-0.05, 0) is 41.0 Å². The molecule has 2 heterocycles. The van der Waals surface area contributed by atoms with E-state index in [4.69, 9.17) is 5.73 Å². The van der Waals surface area contributed by atoms with Crippen molar-refractivity contribution < 1.29 is 22.4 Å². The molecule has 0 bridgehead atoms. The van der Waals surface area contributed by atoms with Gasteiger partial charge in [-0.25, -0.2) is 9.37 Å². The van der Waals surface area contributed by atoms with Crippen LogP contribution in [0.5, 0.6) is 0 Å². The Balaban J connectivity index is 1.74. The van der Waals surface area contributed by atoms with Crippen LogP contribution in [-0.2, 0) is 6.54 Å². The zero-order valence-corrected chi connectivity index (χ0v) is 16.4. The highest BCUT2D eigenvalue weighted by atomic mass is 19.4. The Morgan fingerprint density at radius 1 is 1.16 bits per heavy atom. The maximum Gasteiger partial charge on any atom is 0.405 e. The minimum atomic E-state index is -4.34. The summed E-state index contributed by atoms with van der Waals surface area (Å²) in [4.78, 5) is 17.5. The van der Waals surface area contributed by atoms with E-state index in [1.54, 1.807) is 30.3 Å². The third-order valence-corrected chi connectivity index (χ3v) is 5.40. The molecule has 1 aliphatic rings. The normalized spacial score (nSPS) is 17.7. The Bertz CT molecular complexity index is 1110. The average Bonchev–Trinajstić information content (AvgIpc) is 2.73. The van der Waals surface area contributed by atoms with Crippen molar-refractivity contribution in [1.82, 2.24) is 15.2 Å². The molecular weight excluding hydrogens is 412 g/mol. The highest BCUT2D eigenvalue weighted by Gasteiger charge is 2.44. The largest absolute Gasteiger partial charge is 0.405 e. The summed E-state index contributed by atoms with van der Waals surface area (Å²) in [5.41, 5.74) is 7.84. The van der Waals surface area contributed by atoms with E-state index in [-0.39, 0.29) is 25.3 Å². The lowest BCUT2D eigenvalue weighted by Gasteiger charge is -2.37. The highest BCUT2D eigenvalue weighted by Crippen LogP contribution is 2.31. The van der Waals surface area contributed by atoms with Crippen LogP contribution >= 0.6 is 0 Å². The molecule has 3 aromatic rings. The number of nitrogens with one attached hydrogen (secondary N) is 1. The average molecular weight is 432 g/mol. The summed E-state index contributed by atoms with van der Waals surface area (Å²) in [7, 11) is 0. The summed E-state index contributed by atoms with van der Waals surface area (Å²) >= 11 is 0. The number of halogens is 4. The number of aromatic nitrogens is 1. The molecule has 1 saturated heterocycles. The second kappa shape index (κ2) is 8.24. The van der Waals surface area contributed by atoms with Crippen LogP contribution in [0.25, 0.3) is 22.0 Å². The third-order valence-electron chi connectivity index (χ3n) is 5.40. The third kappa shape index (κ3) is 4.52. The summed E-state index contributed by atoms with van der Waals surface area (Å²) in [5, 5.41) is 3.47. The number of pyridine rings is 1. The first-order chi connectivity index (χ1) is 14.7. The number of hydrogen-bond acceptors (Lipinski definition) is 4. The van der Waals surface area contributed by atoms with Gasteiger partial charge in [0.1, 0.15) is 17.6 Å². The monoisotopic (exact) mass is 432 g/mol. The predicted molar refractivity (Wildman–Crippen MR) is 109 cm³/mol. The highest BCUT2D eigenvalue weighted by molar-refractivity contribution is 6.00. The van der Waals surface area contributed by atoms with E-state index in [0.29, 0.717) is 34.1 Å². The SMILES string of the molecule is NC(=O)c1cc(-c2ccc(F)cc2)c2ccc(CN3CCNCC3C(F)(F)F)cc2n1. The number of nitrogens with two attached hydrogens (primary N) is 1. The van der Waals surface area contributed by atoms with E-state index >= 15 is 0 Å². The van der Waals surface area contributed by atoms with Gasteiger partial charge in [0.05, 0.1) is 5.52 Å². The fourth-order valence-corrected chi connectivity index (χ4v) is 3.86. The first-order valence-corrected chi connectivity index (χ1v) is 9.73. The Hall–Kier alpha value is -3.04. The first-order valence-electron chi connectivity index (χ1n) is 9.73. The number of nitrogens with zero attached hydrogens (tertiary/aromatic N) is 2. The van der Waals surface area contributed by atoms with Crippen molar-refractivity contribution in [3.05, 3.63) is 65.6 Å². The van der Waals surface area contributed by atoms with Gasteiger partial charge in [0.2, 0.25) is 0 Å². The van der Waals surface area contributed by atoms with E-state index in [9.17, 15) is 22.4 Å². The Labute approximate surface area is 175 Å². The summed E-state index contributed by atoms with van der Waals surface area (Å²) < 4.78 is 53.5. The maximum absolute atomic E-state index is 13.4. The smallest absolute Gasteiger partial charge is 0.364 e. The predicted octanol–water partition coefficient (Wildman–Crippen LogP) is 3.48. The molecule has 0 radical (unpaired) electrons. The van der Waals surface area contributed by atoms with Crippen molar-refractivity contribution in [1.29, 1.82) is 0 Å². The van der Waals surface area contributed by atoms with Gasteiger partial charge in [-0.1, -0.05) is 24.3 Å². The Morgan fingerprint density at radius 3 is 2.58 bits per heavy atom. The fourth-order valence-electron chi connectivity index (χ4n) is 3.86. The van der Waals surface area contributed by atoms with Crippen LogP contribution in [0.2, 0.25) is 0 Å². The number of primary amides is 1. The molecule has 9 heteroatoms. The molecule has 162 valence electrons. The number of carbonyl (C=O) groups is 1. The number of amides is 1. The van der Waals surface area contributed by atoms with Crippen LogP contribution in [0.4, 0.5) is 17.6 Å². The zero-order valence-electron chi connectivity index (χ0n) is 16.4. The molecule has 4 rings (SSSR count). The minimum Gasteiger partial charge on any atom is -0.364 e. The van der Waals surface area contributed by atoms with E-state index in [2.05, 4.69) is 10.3 Å². The number of benzene rings is 2. The second-order valence-corrected chi connectivity index (χ2v) is 7.51. The van der Waals surface area contributed by atoms with Gasteiger partial charge >= 0.3 is 6.18 Å². The van der Waals surface area contributed by atoms with E-state index < -0.39 is 23.9 Å². The fraction of sp³-hybridized carbons (Fsp3) is 0.273. The summed E-state index contributed by atoms with van der Waals surface area (Å²) in [6.07, 6.45) is -4.34. The summed E-state index contributed by atoms with van der Waals surface area (Å²) in [5.74, 6) is -1.12. The van der Waals surface area contributed by atoms with Crippen molar-refractivity contribution in [2.45, 2.75) is 18.8 Å². The summed E-state index contributed by atoms with van der Waals surface area (Å²) in [6, 6.07) is 10.9. The summed E-state index contributed by atoms with van der Waals surface area (Å²) in [6.45, 7) is 0.669. The van der Waals surface area contributed by atoms with Crippen molar-refractivity contribution in [3.8, 4) is 11.1 Å². The van der Waals surface area contributed by atoms with Gasteiger partial charge in [0.25, 0.3) is 5.91 Å². The number of fused-ring (bicyclic) bond motifs is 1. The van der Waals surface area contributed by atoms with Gasteiger partial charge in [-0.3, -0.25) is 9.69 Å². The lowest BCUT2D eigenvalue weighted by atomic mass is 9.98. The van der Waals surface area contributed by atoms with Crippen LogP contribution in [0.15, 0.2) is 48.5 Å². The van der Waals surface area contributed by atoms with Crippen molar-refractivity contribution in [2.75, 3.05) is 19.6 Å². The van der Waals surface area contributed by atoms with Gasteiger partial charge in [0.15, 0.2) is 0 Å². The van der Waals surface area contributed by atoms with Gasteiger partial charge in [-0.2, -0.15) is 13.2 Å². The molecular formula is C22H20F4N4O. The van der Waals surface area contributed by atoms with Crippen LogP contribution in [0.1, 0.15) is 16.1 Å². The molecule has 1 aromatic heterocycles. The van der Waals surface area contributed by atoms with Crippen LogP contribution in [0.3, 0.4) is 0 Å². The zero-order chi connectivity index (χ0) is 22.2. The molecule has 1 unspecified atom stereocenters. The van der Waals surface area contributed by atoms with Crippen LogP contribution in [-0.4, -0.2) is 47.6 Å². The van der Waals surface area contributed by atoms with E-state index in [1.165, 1.54) is 23.1 Å². The molecule has 3 N–H and O–H groups in total. The molecule has 5 nitrogen and oxygen atoms in total. The van der Waals surface area contributed by atoms with Gasteiger partial charge < -0.3 is 11.1 Å². The minimum absolute atomic E-state index is 0.0271. The van der Waals surface area contributed by atoms with Crippen LogP contribution < -0.4 is 11.1 Å². The number of carbonyl (C=O) groups excluding carboxylic acids is 1. The molecule has 1 fully saturated rings. The van der Waals surface area contributed by atoms with Crippen molar-refractivity contribution in [3.63, 3.8) is 0 Å². The van der Waals surface area contributed by atoms with E-state index in [0.717, 1.165) is 0 Å². The van der Waals surface area contributed by atoms with Gasteiger partial charge in [-0.15, -0.1) is 0 Å². The second-order valence-electron chi connectivity index (χ2n) is 7.51. The quantitative estimate of drug-likeness (QED) is 0.620. The number of rotatable bonds is 4. The maximum atomic E-state index is 13.4. The molecule has 1 aliphatic heterocycles. The lowest BCUT2D eigenvalue weighted by molar-refractivity contribution is -0.188. The van der Waals surface area contributed by atoms with Gasteiger partial charge in [0, 0.05) is 31.6 Å². The molecule has 1 atom stereocenters. The molecule has 1 amide bonds. The lowest BCUT2D eigenvalue weighted by Crippen LogP contribution is -2.57. The number of piperazine rings is 1. The van der Waals surface area contributed by atoms with Crippen LogP contribution in [0, 0.1) is 5.82 Å². The van der Waals surface area contributed by atoms with Crippen molar-refractivity contribution >= 4 is 16.8 Å². The topological polar surface area (TPSA) is 71.2 Å². The Kier molecular flexibility index (Phi) is 5.63. The Morgan fingerprint density at radius 2 is 1.90 bits per heavy atom.